The third-order valence-electron chi connectivity index (χ3n) is 3.51. The Morgan fingerprint density at radius 2 is 2.00 bits per heavy atom. The highest BCUT2D eigenvalue weighted by Gasteiger charge is 2.23. The lowest BCUT2D eigenvalue weighted by molar-refractivity contribution is 0.0531. The van der Waals surface area contributed by atoms with E-state index in [9.17, 15) is 14.4 Å². The number of thiophene rings is 1. The molecule has 0 saturated heterocycles. The Kier molecular flexibility index (Phi) is 5.40. The van der Waals surface area contributed by atoms with Gasteiger partial charge in [0.25, 0.3) is 5.56 Å². The Hall–Kier alpha value is -2.19. The van der Waals surface area contributed by atoms with Crippen molar-refractivity contribution in [1.29, 1.82) is 0 Å². The van der Waals surface area contributed by atoms with Crippen molar-refractivity contribution in [3.63, 3.8) is 0 Å². The number of carbonyl (C=O) groups is 1. The maximum Gasteiger partial charge on any atom is 0.348 e. The molecule has 8 heteroatoms. The lowest BCUT2D eigenvalue weighted by Crippen LogP contribution is -2.40. The Bertz CT molecular complexity index is 919. The molecule has 0 saturated carbocycles. The van der Waals surface area contributed by atoms with Gasteiger partial charge in [0.05, 0.1) is 25.1 Å². The molecule has 130 valence electrons. The number of aromatic nitrogens is 2. The van der Waals surface area contributed by atoms with Crippen molar-refractivity contribution < 1.29 is 14.6 Å². The van der Waals surface area contributed by atoms with Crippen molar-refractivity contribution in [2.75, 3.05) is 13.2 Å². The topological polar surface area (TPSA) is 90.5 Å². The van der Waals surface area contributed by atoms with Gasteiger partial charge in [-0.1, -0.05) is 12.2 Å². The number of rotatable bonds is 6. The van der Waals surface area contributed by atoms with E-state index in [4.69, 9.17) is 9.84 Å². The lowest BCUT2D eigenvalue weighted by Gasteiger charge is -2.11. The molecule has 0 radical (unpaired) electrons. The number of hydrogen-bond acceptors (Lipinski definition) is 6. The van der Waals surface area contributed by atoms with Crippen LogP contribution in [0, 0.1) is 6.92 Å². The molecule has 0 unspecified atom stereocenters. The first-order valence-corrected chi connectivity index (χ1v) is 8.34. The SMILES string of the molecule is C=C(C)Cn1c(=O)n(CCO)c(=O)c2c(C)c(C(=O)OCC)sc21. The van der Waals surface area contributed by atoms with E-state index in [1.807, 2.05) is 0 Å². The zero-order valence-corrected chi connectivity index (χ0v) is 14.7. The first-order valence-electron chi connectivity index (χ1n) is 7.52. The summed E-state index contributed by atoms with van der Waals surface area (Å²) < 4.78 is 7.42. The average molecular weight is 352 g/mol. The van der Waals surface area contributed by atoms with Crippen LogP contribution >= 0.6 is 11.3 Å². The van der Waals surface area contributed by atoms with Gasteiger partial charge >= 0.3 is 11.7 Å². The fourth-order valence-corrected chi connectivity index (χ4v) is 3.68. The van der Waals surface area contributed by atoms with Gasteiger partial charge in [0.1, 0.15) is 9.71 Å². The second-order valence-electron chi connectivity index (χ2n) is 5.46. The van der Waals surface area contributed by atoms with Crippen LogP contribution in [0.4, 0.5) is 0 Å². The van der Waals surface area contributed by atoms with Crippen LogP contribution in [-0.2, 0) is 17.8 Å². The van der Waals surface area contributed by atoms with Gasteiger partial charge in [-0.15, -0.1) is 11.3 Å². The number of nitrogens with zero attached hydrogens (tertiary/aromatic N) is 2. The summed E-state index contributed by atoms with van der Waals surface area (Å²) in [5.41, 5.74) is 0.185. The molecule has 2 aromatic heterocycles. The predicted octanol–water partition coefficient (Wildman–Crippen LogP) is 1.28. The molecule has 0 bridgehead atoms. The average Bonchev–Trinajstić information content (AvgIpc) is 2.85. The molecule has 0 aliphatic rings. The molecule has 2 heterocycles. The van der Waals surface area contributed by atoms with E-state index in [1.54, 1.807) is 20.8 Å². The zero-order valence-electron chi connectivity index (χ0n) is 13.9. The summed E-state index contributed by atoms with van der Waals surface area (Å²) in [5.74, 6) is -0.515. The van der Waals surface area contributed by atoms with Crippen LogP contribution in [0.15, 0.2) is 21.7 Å². The molecule has 2 aromatic rings. The first-order chi connectivity index (χ1) is 11.3. The highest BCUT2D eigenvalue weighted by molar-refractivity contribution is 7.20. The molecule has 0 amide bonds. The number of allylic oxidation sites excluding steroid dienone is 1. The molecule has 0 fully saturated rings. The van der Waals surface area contributed by atoms with Crippen molar-refractivity contribution >= 4 is 27.5 Å². The highest BCUT2D eigenvalue weighted by Crippen LogP contribution is 2.28. The molecule has 1 N–H and O–H groups in total. The Balaban J connectivity index is 2.89. The molecular weight excluding hydrogens is 332 g/mol. The first kappa shape index (κ1) is 18.2. The number of hydrogen-bond donors (Lipinski definition) is 1. The minimum atomic E-state index is -0.527. The van der Waals surface area contributed by atoms with Crippen molar-refractivity contribution in [2.45, 2.75) is 33.9 Å². The molecule has 0 spiro atoms. The molecular formula is C16H20N2O5S. The zero-order chi connectivity index (χ0) is 18.0. The van der Waals surface area contributed by atoms with Gasteiger partial charge < -0.3 is 9.84 Å². The monoisotopic (exact) mass is 352 g/mol. The summed E-state index contributed by atoms with van der Waals surface area (Å²) in [6.07, 6.45) is 0. The van der Waals surface area contributed by atoms with Gasteiger partial charge in [-0.3, -0.25) is 13.9 Å². The van der Waals surface area contributed by atoms with Gasteiger partial charge in [0.15, 0.2) is 0 Å². The Morgan fingerprint density at radius 1 is 1.33 bits per heavy atom. The van der Waals surface area contributed by atoms with Crippen LogP contribution in [0.3, 0.4) is 0 Å². The van der Waals surface area contributed by atoms with Gasteiger partial charge in [0.2, 0.25) is 0 Å². The third-order valence-corrected chi connectivity index (χ3v) is 4.80. The second-order valence-corrected chi connectivity index (χ2v) is 6.46. The summed E-state index contributed by atoms with van der Waals surface area (Å²) in [4.78, 5) is 38.1. The smallest absolute Gasteiger partial charge is 0.348 e. The largest absolute Gasteiger partial charge is 0.462 e. The number of aliphatic hydroxyl groups is 1. The van der Waals surface area contributed by atoms with Crippen LogP contribution in [0.25, 0.3) is 10.2 Å². The number of carbonyl (C=O) groups excluding carboxylic acids is 1. The third kappa shape index (κ3) is 3.07. The fraction of sp³-hybridized carbons (Fsp3) is 0.438. The quantitative estimate of drug-likeness (QED) is 0.625. The van der Waals surface area contributed by atoms with E-state index < -0.39 is 17.2 Å². The Labute approximate surface area is 142 Å². The van der Waals surface area contributed by atoms with Gasteiger partial charge in [0, 0.05) is 6.54 Å². The number of ether oxygens (including phenoxy) is 1. The van der Waals surface area contributed by atoms with Crippen molar-refractivity contribution in [2.24, 2.45) is 0 Å². The van der Waals surface area contributed by atoms with Crippen LogP contribution in [0.5, 0.6) is 0 Å². The maximum absolute atomic E-state index is 12.7. The standard InChI is InChI=1S/C16H20N2O5S/c1-5-23-15(21)12-10(4)11-13(20)17(6-7-19)16(22)18(8-9(2)3)14(11)24-12/h19H,2,5-8H2,1,3-4H3. The Morgan fingerprint density at radius 3 is 2.54 bits per heavy atom. The van der Waals surface area contributed by atoms with E-state index >= 15 is 0 Å². The summed E-state index contributed by atoms with van der Waals surface area (Å²) in [7, 11) is 0. The van der Waals surface area contributed by atoms with E-state index in [0.717, 1.165) is 21.5 Å². The summed E-state index contributed by atoms with van der Waals surface area (Å²) in [6.45, 7) is 8.95. The van der Waals surface area contributed by atoms with Gasteiger partial charge in [-0.2, -0.15) is 0 Å². The minimum absolute atomic E-state index is 0.103. The van der Waals surface area contributed by atoms with E-state index in [0.29, 0.717) is 20.7 Å². The number of aliphatic hydroxyl groups excluding tert-OH is 1. The molecule has 0 aliphatic heterocycles. The number of fused-ring (bicyclic) bond motifs is 1. The number of esters is 1. The van der Waals surface area contributed by atoms with Crippen LogP contribution in [-0.4, -0.2) is 33.4 Å². The molecule has 7 nitrogen and oxygen atoms in total. The molecule has 0 aromatic carbocycles. The normalized spacial score (nSPS) is 11.0. The minimum Gasteiger partial charge on any atom is -0.462 e. The van der Waals surface area contributed by atoms with Gasteiger partial charge in [-0.05, 0) is 26.3 Å². The molecule has 0 atom stereocenters. The molecule has 2 rings (SSSR count). The van der Waals surface area contributed by atoms with Gasteiger partial charge in [-0.25, -0.2) is 9.59 Å². The van der Waals surface area contributed by atoms with Crippen molar-refractivity contribution in [3.8, 4) is 0 Å². The molecule has 0 aliphatic carbocycles. The summed E-state index contributed by atoms with van der Waals surface area (Å²) in [6, 6.07) is 0. The predicted molar refractivity (Wildman–Crippen MR) is 92.9 cm³/mol. The highest BCUT2D eigenvalue weighted by atomic mass is 32.1. The van der Waals surface area contributed by atoms with Crippen molar-refractivity contribution in [3.05, 3.63) is 43.4 Å². The maximum atomic E-state index is 12.7. The van der Waals surface area contributed by atoms with E-state index in [1.165, 1.54) is 4.57 Å². The van der Waals surface area contributed by atoms with Crippen LogP contribution in [0.1, 0.15) is 29.1 Å². The van der Waals surface area contributed by atoms with E-state index in [2.05, 4.69) is 6.58 Å². The lowest BCUT2D eigenvalue weighted by atomic mass is 10.2. The van der Waals surface area contributed by atoms with Crippen LogP contribution < -0.4 is 11.2 Å². The summed E-state index contributed by atoms with van der Waals surface area (Å²) in [5, 5.41) is 9.45. The second kappa shape index (κ2) is 7.14. The van der Waals surface area contributed by atoms with Crippen LogP contribution in [0.2, 0.25) is 0 Å². The summed E-state index contributed by atoms with van der Waals surface area (Å²) >= 11 is 1.07. The number of aryl methyl sites for hydroxylation is 1. The van der Waals surface area contributed by atoms with Crippen molar-refractivity contribution in [1.82, 2.24) is 9.13 Å². The molecule has 24 heavy (non-hydrogen) atoms. The van der Waals surface area contributed by atoms with E-state index in [-0.39, 0.29) is 26.3 Å². The fourth-order valence-electron chi connectivity index (χ4n) is 2.49.